The predicted octanol–water partition coefficient (Wildman–Crippen LogP) is 1.19. The van der Waals surface area contributed by atoms with Crippen molar-refractivity contribution in [3.63, 3.8) is 0 Å². The molecule has 2 N–H and O–H groups in total. The van der Waals surface area contributed by atoms with Crippen molar-refractivity contribution in [2.24, 2.45) is 0 Å². The summed E-state index contributed by atoms with van der Waals surface area (Å²) < 4.78 is 0. The highest BCUT2D eigenvalue weighted by atomic mass is 15.1. The molecule has 0 aliphatic rings. The zero-order chi connectivity index (χ0) is 12.0. The minimum atomic E-state index is 0.650. The van der Waals surface area contributed by atoms with Crippen LogP contribution in [0, 0.1) is 6.92 Å². The van der Waals surface area contributed by atoms with Crippen molar-refractivity contribution in [2.75, 3.05) is 44.4 Å². The van der Waals surface area contributed by atoms with Gasteiger partial charge in [-0.2, -0.15) is 4.98 Å². The Morgan fingerprint density at radius 1 is 1.44 bits per heavy atom. The monoisotopic (exact) mass is 223 g/mol. The van der Waals surface area contributed by atoms with Crippen molar-refractivity contribution in [3.05, 3.63) is 11.8 Å². The van der Waals surface area contributed by atoms with Gasteiger partial charge in [-0.1, -0.05) is 6.92 Å². The molecule has 0 amide bonds. The summed E-state index contributed by atoms with van der Waals surface area (Å²) in [5.74, 6) is 1.56. The fourth-order valence-corrected chi connectivity index (χ4v) is 1.26. The molecule has 5 heteroatoms. The van der Waals surface area contributed by atoms with E-state index < -0.39 is 0 Å². The van der Waals surface area contributed by atoms with Gasteiger partial charge in [0.1, 0.15) is 5.82 Å². The van der Waals surface area contributed by atoms with E-state index in [9.17, 15) is 0 Å². The molecule has 0 atom stereocenters. The van der Waals surface area contributed by atoms with E-state index in [-0.39, 0.29) is 0 Å². The highest BCUT2D eigenvalue weighted by Gasteiger charge is 2.02. The number of hydrogen-bond acceptors (Lipinski definition) is 5. The van der Waals surface area contributed by atoms with E-state index in [1.807, 2.05) is 20.2 Å². The Labute approximate surface area is 97.3 Å². The van der Waals surface area contributed by atoms with Gasteiger partial charge in [0, 0.05) is 31.9 Å². The maximum atomic E-state index is 4.36. The fourth-order valence-electron chi connectivity index (χ4n) is 1.26. The molecule has 1 heterocycles. The Kier molecular flexibility index (Phi) is 4.98. The van der Waals surface area contributed by atoms with Crippen LogP contribution in [0.4, 0.5) is 11.8 Å². The molecule has 1 aromatic rings. The molecular weight excluding hydrogens is 202 g/mol. The van der Waals surface area contributed by atoms with Gasteiger partial charge in [0.25, 0.3) is 0 Å². The van der Waals surface area contributed by atoms with E-state index in [4.69, 9.17) is 0 Å². The van der Waals surface area contributed by atoms with E-state index in [0.717, 1.165) is 31.0 Å². The molecule has 0 spiro atoms. The van der Waals surface area contributed by atoms with Crippen LogP contribution in [-0.4, -0.2) is 48.6 Å². The van der Waals surface area contributed by atoms with Crippen molar-refractivity contribution in [1.82, 2.24) is 14.9 Å². The molecule has 1 aromatic heterocycles. The largest absolute Gasteiger partial charge is 0.368 e. The number of aromatic nitrogens is 2. The van der Waals surface area contributed by atoms with Crippen molar-refractivity contribution in [2.45, 2.75) is 13.8 Å². The van der Waals surface area contributed by atoms with Gasteiger partial charge in [-0.15, -0.1) is 0 Å². The lowest BCUT2D eigenvalue weighted by atomic mass is 10.3. The number of likely N-dealkylation sites (N-methyl/N-ethyl adjacent to an activating group) is 1. The third-order valence-electron chi connectivity index (χ3n) is 2.52. The number of rotatable bonds is 6. The summed E-state index contributed by atoms with van der Waals surface area (Å²) in [5.41, 5.74) is 1.07. The van der Waals surface area contributed by atoms with Crippen LogP contribution in [0.15, 0.2) is 6.20 Å². The molecule has 0 saturated heterocycles. The third-order valence-corrected chi connectivity index (χ3v) is 2.52. The van der Waals surface area contributed by atoms with Crippen molar-refractivity contribution >= 4 is 11.8 Å². The van der Waals surface area contributed by atoms with Crippen LogP contribution < -0.4 is 10.6 Å². The number of nitrogens with one attached hydrogen (secondary N) is 2. The molecule has 0 aliphatic heterocycles. The summed E-state index contributed by atoms with van der Waals surface area (Å²) >= 11 is 0. The average molecular weight is 223 g/mol. The van der Waals surface area contributed by atoms with Gasteiger partial charge in [0.2, 0.25) is 5.95 Å². The molecule has 0 saturated carbocycles. The Bertz CT molecular complexity index is 326. The Morgan fingerprint density at radius 3 is 2.81 bits per heavy atom. The normalized spacial score (nSPS) is 10.6. The van der Waals surface area contributed by atoms with Crippen molar-refractivity contribution in [3.8, 4) is 0 Å². The first-order chi connectivity index (χ1) is 7.67. The third kappa shape index (κ3) is 3.66. The van der Waals surface area contributed by atoms with Gasteiger partial charge in [0.15, 0.2) is 0 Å². The molecule has 0 fully saturated rings. The van der Waals surface area contributed by atoms with Crippen LogP contribution in [0.2, 0.25) is 0 Å². The molecular formula is C11H21N5. The highest BCUT2D eigenvalue weighted by Crippen LogP contribution is 2.11. The summed E-state index contributed by atoms with van der Waals surface area (Å²) in [6, 6.07) is 0. The van der Waals surface area contributed by atoms with Gasteiger partial charge in [-0.3, -0.25) is 0 Å². The smallest absolute Gasteiger partial charge is 0.224 e. The van der Waals surface area contributed by atoms with E-state index >= 15 is 0 Å². The maximum Gasteiger partial charge on any atom is 0.224 e. The zero-order valence-corrected chi connectivity index (χ0v) is 10.5. The molecule has 0 aliphatic carbocycles. The van der Waals surface area contributed by atoms with E-state index in [2.05, 4.69) is 39.5 Å². The first-order valence-corrected chi connectivity index (χ1v) is 5.61. The zero-order valence-electron chi connectivity index (χ0n) is 10.5. The molecule has 90 valence electrons. The molecule has 16 heavy (non-hydrogen) atoms. The van der Waals surface area contributed by atoms with Crippen LogP contribution in [-0.2, 0) is 0 Å². The van der Waals surface area contributed by atoms with E-state index in [0.29, 0.717) is 5.95 Å². The summed E-state index contributed by atoms with van der Waals surface area (Å²) in [4.78, 5) is 10.8. The standard InChI is InChI=1S/C11H21N5/c1-5-16(4)7-6-13-10-9(2)8-14-11(12-3)15-10/h8H,5-7H2,1-4H3,(H2,12,13,14,15). The van der Waals surface area contributed by atoms with Gasteiger partial charge in [0.05, 0.1) is 0 Å². The number of hydrogen-bond donors (Lipinski definition) is 2. The lowest BCUT2D eigenvalue weighted by Gasteiger charge is -2.15. The fraction of sp³-hybridized carbons (Fsp3) is 0.636. The summed E-state index contributed by atoms with van der Waals surface area (Å²) in [7, 11) is 3.92. The lowest BCUT2D eigenvalue weighted by Crippen LogP contribution is -2.25. The van der Waals surface area contributed by atoms with E-state index in [1.54, 1.807) is 0 Å². The molecule has 0 bridgehead atoms. The Hall–Kier alpha value is -1.36. The average Bonchev–Trinajstić information content (AvgIpc) is 2.31. The van der Waals surface area contributed by atoms with Crippen LogP contribution in [0.1, 0.15) is 12.5 Å². The van der Waals surface area contributed by atoms with Crippen molar-refractivity contribution < 1.29 is 0 Å². The second kappa shape index (κ2) is 6.27. The van der Waals surface area contributed by atoms with Crippen LogP contribution in [0.3, 0.4) is 0 Å². The Morgan fingerprint density at radius 2 is 2.19 bits per heavy atom. The van der Waals surface area contributed by atoms with Crippen molar-refractivity contribution in [1.29, 1.82) is 0 Å². The predicted molar refractivity (Wildman–Crippen MR) is 68.0 cm³/mol. The lowest BCUT2D eigenvalue weighted by molar-refractivity contribution is 0.367. The highest BCUT2D eigenvalue weighted by molar-refractivity contribution is 5.46. The number of aryl methyl sites for hydroxylation is 1. The topological polar surface area (TPSA) is 53.1 Å². The molecule has 0 aromatic carbocycles. The number of anilines is 2. The summed E-state index contributed by atoms with van der Waals surface area (Å²) in [6.07, 6.45) is 1.82. The summed E-state index contributed by atoms with van der Waals surface area (Å²) in [5, 5.41) is 6.25. The second-order valence-corrected chi connectivity index (χ2v) is 3.80. The molecule has 5 nitrogen and oxygen atoms in total. The van der Waals surface area contributed by atoms with E-state index in [1.165, 1.54) is 0 Å². The van der Waals surface area contributed by atoms with Gasteiger partial charge in [-0.05, 0) is 20.5 Å². The minimum absolute atomic E-state index is 0.650. The summed E-state index contributed by atoms with van der Waals surface area (Å²) in [6.45, 7) is 7.12. The second-order valence-electron chi connectivity index (χ2n) is 3.80. The maximum absolute atomic E-state index is 4.36. The quantitative estimate of drug-likeness (QED) is 0.758. The number of nitrogens with zero attached hydrogens (tertiary/aromatic N) is 3. The SMILES string of the molecule is CCN(C)CCNc1nc(NC)ncc1C. The van der Waals surface area contributed by atoms with Crippen LogP contribution >= 0.6 is 0 Å². The van der Waals surface area contributed by atoms with Crippen LogP contribution in [0.25, 0.3) is 0 Å². The van der Waals surface area contributed by atoms with Crippen LogP contribution in [0.5, 0.6) is 0 Å². The minimum Gasteiger partial charge on any atom is -0.368 e. The first kappa shape index (κ1) is 12.7. The van der Waals surface area contributed by atoms with Gasteiger partial charge in [-0.25, -0.2) is 4.98 Å². The molecule has 0 radical (unpaired) electrons. The Balaban J connectivity index is 2.52. The van der Waals surface area contributed by atoms with Gasteiger partial charge < -0.3 is 15.5 Å². The van der Waals surface area contributed by atoms with Gasteiger partial charge >= 0.3 is 0 Å². The first-order valence-electron chi connectivity index (χ1n) is 5.61. The molecule has 0 unspecified atom stereocenters. The molecule has 1 rings (SSSR count).